The smallest absolute Gasteiger partial charge is 0.759 e. The Morgan fingerprint density at radius 3 is 2.46 bits per heavy atom. The first-order valence-electron chi connectivity index (χ1n) is 3.48. The summed E-state index contributed by atoms with van der Waals surface area (Å²) >= 11 is 0. The van der Waals surface area contributed by atoms with Crippen LogP contribution in [0.25, 0.3) is 6.08 Å². The summed E-state index contributed by atoms with van der Waals surface area (Å²) in [6, 6.07) is 9.28. The van der Waals surface area contributed by atoms with Gasteiger partial charge in [-0.05, 0) is 11.6 Å². The Balaban J connectivity index is 0.00000144. The van der Waals surface area contributed by atoms with Gasteiger partial charge in [-0.2, -0.15) is 0 Å². The molecule has 1 aromatic carbocycles. The number of carbonyl (C=O) groups is 1. The van der Waals surface area contributed by atoms with Gasteiger partial charge in [0.15, 0.2) is 0 Å². The maximum absolute atomic E-state index is 10.5. The van der Waals surface area contributed by atoms with Gasteiger partial charge in [0.05, 0.1) is 0 Å². The van der Waals surface area contributed by atoms with E-state index in [1.54, 1.807) is 6.08 Å². The van der Waals surface area contributed by atoms with E-state index in [0.29, 0.717) is 0 Å². The van der Waals surface area contributed by atoms with Crippen molar-refractivity contribution in [1.82, 2.24) is 5.48 Å². The molecule has 4 heteroatoms. The zero-order chi connectivity index (χ0) is 8.81. The minimum atomic E-state index is -0.640. The summed E-state index contributed by atoms with van der Waals surface area (Å²) in [5, 5.41) is 9.80. The minimum Gasteiger partial charge on any atom is -0.759 e. The van der Waals surface area contributed by atoms with Crippen LogP contribution < -0.4 is 35.0 Å². The molecule has 1 amide bonds. The van der Waals surface area contributed by atoms with Crippen molar-refractivity contribution < 1.29 is 34.4 Å². The Labute approximate surface area is 98.7 Å². The fraction of sp³-hybridized carbons (Fsp3) is 0. The van der Waals surface area contributed by atoms with E-state index in [-0.39, 0.29) is 29.6 Å². The van der Waals surface area contributed by atoms with Crippen molar-refractivity contribution in [3.8, 4) is 0 Å². The van der Waals surface area contributed by atoms with Crippen molar-refractivity contribution in [2.45, 2.75) is 0 Å². The SMILES string of the molecule is O=C(C=Cc1ccccc1)N[O-].[Na+]. The standard InChI is InChI=1S/C9H8NO2.Na/c11-9(10-12)7-6-8-4-2-1-3-5-8;/h1-7H,(H-,10,11,12);/q-1;+1. The third-order valence-electron chi connectivity index (χ3n) is 1.33. The van der Waals surface area contributed by atoms with Crippen molar-refractivity contribution in [1.29, 1.82) is 0 Å². The molecular formula is C9H8NNaO2. The number of amides is 1. The molecule has 0 radical (unpaired) electrons. The number of hydroxylamine groups is 1. The Hall–Kier alpha value is -0.610. The molecule has 0 aromatic heterocycles. The Kier molecular flexibility index (Phi) is 6.54. The zero-order valence-corrected chi connectivity index (χ0v) is 9.36. The fourth-order valence-electron chi connectivity index (χ4n) is 0.770. The third-order valence-corrected chi connectivity index (χ3v) is 1.33. The molecule has 0 heterocycles. The van der Waals surface area contributed by atoms with E-state index in [0.717, 1.165) is 5.56 Å². The second-order valence-corrected chi connectivity index (χ2v) is 2.21. The number of carbonyl (C=O) groups excluding carboxylic acids is 1. The average molecular weight is 185 g/mol. The van der Waals surface area contributed by atoms with Gasteiger partial charge in [-0.1, -0.05) is 30.3 Å². The Bertz CT molecular complexity index is 285. The predicted octanol–water partition coefficient (Wildman–Crippen LogP) is -1.68. The summed E-state index contributed by atoms with van der Waals surface area (Å²) in [5.41, 5.74) is 2.15. The van der Waals surface area contributed by atoms with E-state index in [4.69, 9.17) is 0 Å². The number of rotatable bonds is 2. The van der Waals surface area contributed by atoms with Crippen LogP contribution in [-0.4, -0.2) is 5.91 Å². The van der Waals surface area contributed by atoms with E-state index in [1.807, 2.05) is 30.3 Å². The van der Waals surface area contributed by atoms with E-state index in [9.17, 15) is 10.0 Å². The molecule has 62 valence electrons. The van der Waals surface area contributed by atoms with Gasteiger partial charge in [0.2, 0.25) is 5.91 Å². The van der Waals surface area contributed by atoms with Gasteiger partial charge < -0.3 is 10.7 Å². The molecule has 0 saturated heterocycles. The normalized spacial score (nSPS) is 9.31. The molecule has 13 heavy (non-hydrogen) atoms. The monoisotopic (exact) mass is 185 g/mol. The Morgan fingerprint density at radius 2 is 1.92 bits per heavy atom. The second-order valence-electron chi connectivity index (χ2n) is 2.21. The van der Waals surface area contributed by atoms with Crippen LogP contribution in [0.2, 0.25) is 0 Å². The molecule has 0 aliphatic heterocycles. The molecule has 1 N–H and O–H groups in total. The van der Waals surface area contributed by atoms with Gasteiger partial charge in [0, 0.05) is 6.08 Å². The van der Waals surface area contributed by atoms with E-state index in [2.05, 4.69) is 0 Å². The number of hydrogen-bond donors (Lipinski definition) is 1. The molecule has 0 bridgehead atoms. The van der Waals surface area contributed by atoms with Crippen molar-refractivity contribution in [2.75, 3.05) is 0 Å². The zero-order valence-electron chi connectivity index (χ0n) is 7.36. The summed E-state index contributed by atoms with van der Waals surface area (Å²) in [7, 11) is 0. The maximum atomic E-state index is 10.5. The van der Waals surface area contributed by atoms with Gasteiger partial charge in [-0.15, -0.1) is 0 Å². The molecular weight excluding hydrogens is 177 g/mol. The topological polar surface area (TPSA) is 52.2 Å². The third kappa shape index (κ3) is 4.85. The first kappa shape index (κ1) is 12.4. The summed E-state index contributed by atoms with van der Waals surface area (Å²) in [5.74, 6) is -0.640. The van der Waals surface area contributed by atoms with Crippen molar-refractivity contribution in [2.24, 2.45) is 0 Å². The number of nitrogens with one attached hydrogen (secondary N) is 1. The summed E-state index contributed by atoms with van der Waals surface area (Å²) in [6.07, 6.45) is 2.77. The molecule has 0 saturated carbocycles. The van der Waals surface area contributed by atoms with Gasteiger partial charge in [0.1, 0.15) is 0 Å². The van der Waals surface area contributed by atoms with E-state index < -0.39 is 5.91 Å². The van der Waals surface area contributed by atoms with E-state index >= 15 is 0 Å². The molecule has 1 rings (SSSR count). The van der Waals surface area contributed by atoms with Crippen LogP contribution in [0.3, 0.4) is 0 Å². The van der Waals surface area contributed by atoms with Crippen LogP contribution in [-0.2, 0) is 4.79 Å². The van der Waals surface area contributed by atoms with Crippen molar-refractivity contribution >= 4 is 12.0 Å². The fourth-order valence-corrected chi connectivity index (χ4v) is 0.770. The quantitative estimate of drug-likeness (QED) is 0.340. The first-order valence-corrected chi connectivity index (χ1v) is 3.48. The van der Waals surface area contributed by atoms with Gasteiger partial charge in [-0.25, -0.2) is 0 Å². The molecule has 0 aliphatic rings. The van der Waals surface area contributed by atoms with Crippen LogP contribution in [0.4, 0.5) is 0 Å². The maximum Gasteiger partial charge on any atom is 1.00 e. The van der Waals surface area contributed by atoms with Crippen LogP contribution in [0.1, 0.15) is 5.56 Å². The van der Waals surface area contributed by atoms with Crippen LogP contribution in [0, 0.1) is 5.21 Å². The number of hydrogen-bond acceptors (Lipinski definition) is 2. The molecule has 1 aromatic rings. The van der Waals surface area contributed by atoms with Crippen LogP contribution in [0.5, 0.6) is 0 Å². The van der Waals surface area contributed by atoms with Gasteiger partial charge >= 0.3 is 29.6 Å². The molecule has 0 atom stereocenters. The first-order chi connectivity index (χ1) is 5.83. The van der Waals surface area contributed by atoms with Crippen molar-refractivity contribution in [3.63, 3.8) is 0 Å². The second kappa shape index (κ2) is 6.86. The van der Waals surface area contributed by atoms with Crippen LogP contribution >= 0.6 is 0 Å². The van der Waals surface area contributed by atoms with Crippen LogP contribution in [0.15, 0.2) is 36.4 Å². The summed E-state index contributed by atoms with van der Waals surface area (Å²) < 4.78 is 0. The average Bonchev–Trinajstić information content (AvgIpc) is 2.16. The summed E-state index contributed by atoms with van der Waals surface area (Å²) in [4.78, 5) is 10.5. The van der Waals surface area contributed by atoms with Crippen molar-refractivity contribution in [3.05, 3.63) is 47.2 Å². The molecule has 3 nitrogen and oxygen atoms in total. The molecule has 0 fully saturated rings. The van der Waals surface area contributed by atoms with Gasteiger partial charge in [-0.3, -0.25) is 4.79 Å². The molecule has 0 unspecified atom stereocenters. The predicted molar refractivity (Wildman–Crippen MR) is 47.0 cm³/mol. The largest absolute Gasteiger partial charge is 1.00 e. The molecule has 0 spiro atoms. The van der Waals surface area contributed by atoms with E-state index in [1.165, 1.54) is 11.6 Å². The number of benzene rings is 1. The Morgan fingerprint density at radius 1 is 1.31 bits per heavy atom. The summed E-state index contributed by atoms with van der Waals surface area (Å²) in [6.45, 7) is 0. The minimum absolute atomic E-state index is 0. The molecule has 0 aliphatic carbocycles. The van der Waals surface area contributed by atoms with Gasteiger partial charge in [0.25, 0.3) is 0 Å².